The van der Waals surface area contributed by atoms with E-state index < -0.39 is 0 Å². The molecule has 9 nitrogen and oxygen atoms in total. The quantitative estimate of drug-likeness (QED) is 0.417. The molecule has 2 rings (SSSR count). The van der Waals surface area contributed by atoms with Crippen LogP contribution in [0.5, 0.6) is 0 Å². The number of nitrogens with two attached hydrogens (primary N) is 1. The highest BCUT2D eigenvalue weighted by Crippen LogP contribution is 2.24. The minimum Gasteiger partial charge on any atom is -0.465 e. The molecule has 0 fully saturated rings. The smallest absolute Gasteiger partial charge is 0.302 e. The predicted octanol–water partition coefficient (Wildman–Crippen LogP) is 1.26. The molecule has 2 heterocycles. The van der Waals surface area contributed by atoms with Crippen molar-refractivity contribution in [2.24, 2.45) is 5.92 Å². The number of thioether (sulfide) groups is 1. The van der Waals surface area contributed by atoms with Gasteiger partial charge in [-0.1, -0.05) is 0 Å². The molecule has 0 saturated carbocycles. The Hall–Kier alpha value is -2.36. The van der Waals surface area contributed by atoms with Crippen molar-refractivity contribution in [3.8, 4) is 0 Å². The van der Waals surface area contributed by atoms with Crippen molar-refractivity contribution in [3.63, 3.8) is 0 Å². The lowest BCUT2D eigenvalue weighted by Gasteiger charge is -2.17. The molecule has 0 spiro atoms. The summed E-state index contributed by atoms with van der Waals surface area (Å²) in [4.78, 5) is 34.7. The third-order valence-electron chi connectivity index (χ3n) is 3.47. The zero-order chi connectivity index (χ0) is 18.4. The number of esters is 2. The van der Waals surface area contributed by atoms with E-state index in [0.717, 1.165) is 10.5 Å². The number of ether oxygens (including phenoxy) is 2. The van der Waals surface area contributed by atoms with Gasteiger partial charge in [0.25, 0.3) is 0 Å². The van der Waals surface area contributed by atoms with Crippen molar-refractivity contribution in [2.75, 3.05) is 25.2 Å². The molecular weight excluding hydrogens is 346 g/mol. The van der Waals surface area contributed by atoms with E-state index in [1.165, 1.54) is 25.6 Å². The number of imidazole rings is 1. The molecule has 2 N–H and O–H groups in total. The lowest BCUT2D eigenvalue weighted by molar-refractivity contribution is -0.146. The Morgan fingerprint density at radius 2 is 1.88 bits per heavy atom. The van der Waals surface area contributed by atoms with Crippen molar-refractivity contribution < 1.29 is 19.1 Å². The average Bonchev–Trinajstić information content (AvgIpc) is 2.95. The minimum atomic E-state index is -0.366. The van der Waals surface area contributed by atoms with E-state index in [1.54, 1.807) is 6.33 Å². The van der Waals surface area contributed by atoms with E-state index in [2.05, 4.69) is 15.0 Å². The van der Waals surface area contributed by atoms with Crippen LogP contribution < -0.4 is 5.73 Å². The van der Waals surface area contributed by atoms with Crippen LogP contribution in [0.3, 0.4) is 0 Å². The van der Waals surface area contributed by atoms with Gasteiger partial charge in [0, 0.05) is 26.3 Å². The molecule has 0 aliphatic rings. The fourth-order valence-electron chi connectivity index (χ4n) is 2.28. The van der Waals surface area contributed by atoms with E-state index >= 15 is 0 Å². The highest BCUT2D eigenvalue weighted by Gasteiger charge is 2.16. The molecule has 0 amide bonds. The van der Waals surface area contributed by atoms with Gasteiger partial charge in [0.2, 0.25) is 5.95 Å². The topological polar surface area (TPSA) is 122 Å². The molecule has 2 aromatic rings. The van der Waals surface area contributed by atoms with E-state index in [9.17, 15) is 9.59 Å². The molecule has 2 aromatic heterocycles. The Labute approximate surface area is 149 Å². The van der Waals surface area contributed by atoms with Gasteiger partial charge in [-0.05, 0) is 12.7 Å². The number of hydrogen-bond acceptors (Lipinski definition) is 9. The predicted molar refractivity (Wildman–Crippen MR) is 92.9 cm³/mol. The summed E-state index contributed by atoms with van der Waals surface area (Å²) in [5, 5.41) is 0.747. The van der Waals surface area contributed by atoms with Crippen LogP contribution >= 0.6 is 11.8 Å². The van der Waals surface area contributed by atoms with Crippen LogP contribution in [-0.4, -0.2) is 50.9 Å². The Kier molecular flexibility index (Phi) is 6.57. The Bertz CT molecular complexity index is 746. The number of nitrogens with zero attached hydrogens (tertiary/aromatic N) is 4. The summed E-state index contributed by atoms with van der Waals surface area (Å²) >= 11 is 1.46. The minimum absolute atomic E-state index is 0.113. The van der Waals surface area contributed by atoms with Crippen LogP contribution in [-0.2, 0) is 25.6 Å². The SMILES string of the molecule is CSc1nc(N)nc2ncn(CCC(COC(C)=O)COC(C)=O)c12. The first kappa shape index (κ1) is 19.0. The molecule has 0 aliphatic heterocycles. The molecule has 0 aromatic carbocycles. The second-order valence-corrected chi connectivity index (χ2v) is 6.26. The third-order valence-corrected chi connectivity index (χ3v) is 4.15. The van der Waals surface area contributed by atoms with Gasteiger partial charge in [-0.3, -0.25) is 9.59 Å². The number of nitrogen functional groups attached to an aromatic ring is 1. The summed E-state index contributed by atoms with van der Waals surface area (Å²) in [7, 11) is 0. The highest BCUT2D eigenvalue weighted by molar-refractivity contribution is 7.98. The summed E-state index contributed by atoms with van der Waals surface area (Å²) in [6.07, 6.45) is 4.21. The first-order chi connectivity index (χ1) is 11.9. The van der Waals surface area contributed by atoms with Gasteiger partial charge in [0.1, 0.15) is 10.5 Å². The second-order valence-electron chi connectivity index (χ2n) is 5.46. The number of rotatable bonds is 8. The van der Waals surface area contributed by atoms with Crippen LogP contribution in [0.1, 0.15) is 20.3 Å². The number of carbonyl (C=O) groups excluding carboxylic acids is 2. The number of carbonyl (C=O) groups is 2. The van der Waals surface area contributed by atoms with Gasteiger partial charge in [0.05, 0.1) is 19.5 Å². The standard InChI is InChI=1S/C15H21N5O4S/c1-9(21)23-6-11(7-24-10(2)22)4-5-20-8-17-13-12(20)14(25-3)19-15(16)18-13/h8,11H,4-7H2,1-3H3,(H2,16,18,19). The summed E-state index contributed by atoms with van der Waals surface area (Å²) < 4.78 is 12.0. The lowest BCUT2D eigenvalue weighted by atomic mass is 10.1. The molecule has 25 heavy (non-hydrogen) atoms. The van der Waals surface area contributed by atoms with Crippen LogP contribution in [0.4, 0.5) is 5.95 Å². The van der Waals surface area contributed by atoms with Gasteiger partial charge in [-0.15, -0.1) is 11.8 Å². The number of aromatic nitrogens is 4. The maximum Gasteiger partial charge on any atom is 0.302 e. The Balaban J connectivity index is 2.11. The summed E-state index contributed by atoms with van der Waals surface area (Å²) in [6.45, 7) is 3.66. The molecule has 10 heteroatoms. The van der Waals surface area contributed by atoms with Crippen molar-refractivity contribution >= 4 is 40.8 Å². The largest absolute Gasteiger partial charge is 0.465 e. The van der Waals surface area contributed by atoms with Crippen molar-refractivity contribution in [1.29, 1.82) is 0 Å². The van der Waals surface area contributed by atoms with Crippen LogP contribution in [0.2, 0.25) is 0 Å². The van der Waals surface area contributed by atoms with Crippen molar-refractivity contribution in [3.05, 3.63) is 6.33 Å². The average molecular weight is 367 g/mol. The molecule has 0 atom stereocenters. The van der Waals surface area contributed by atoms with E-state index in [4.69, 9.17) is 15.2 Å². The number of anilines is 1. The van der Waals surface area contributed by atoms with Gasteiger partial charge < -0.3 is 19.8 Å². The Morgan fingerprint density at radius 1 is 1.24 bits per heavy atom. The molecule has 0 aliphatic carbocycles. The normalized spacial score (nSPS) is 11.0. The second kappa shape index (κ2) is 8.65. The van der Waals surface area contributed by atoms with E-state index in [1.807, 2.05) is 10.8 Å². The van der Waals surface area contributed by atoms with Gasteiger partial charge in [-0.25, -0.2) is 9.97 Å². The molecule has 0 bridgehead atoms. The summed E-state index contributed by atoms with van der Waals surface area (Å²) in [5.74, 6) is -0.661. The fourth-order valence-corrected chi connectivity index (χ4v) is 2.87. The molecule has 136 valence electrons. The number of aryl methyl sites for hydroxylation is 1. The van der Waals surface area contributed by atoms with E-state index in [0.29, 0.717) is 18.6 Å². The highest BCUT2D eigenvalue weighted by atomic mass is 32.2. The Morgan fingerprint density at radius 3 is 2.44 bits per heavy atom. The maximum atomic E-state index is 11.0. The lowest BCUT2D eigenvalue weighted by Crippen LogP contribution is -2.21. The molecule has 0 unspecified atom stereocenters. The van der Waals surface area contributed by atoms with E-state index in [-0.39, 0.29) is 37.0 Å². The maximum absolute atomic E-state index is 11.0. The monoisotopic (exact) mass is 367 g/mol. The van der Waals surface area contributed by atoms with Gasteiger partial charge in [0.15, 0.2) is 5.65 Å². The van der Waals surface area contributed by atoms with Crippen LogP contribution in [0.25, 0.3) is 11.2 Å². The number of hydrogen-bond donors (Lipinski definition) is 1. The zero-order valence-electron chi connectivity index (χ0n) is 14.4. The van der Waals surface area contributed by atoms with Crippen molar-refractivity contribution in [2.45, 2.75) is 31.8 Å². The van der Waals surface area contributed by atoms with Gasteiger partial charge in [-0.2, -0.15) is 4.98 Å². The van der Waals surface area contributed by atoms with Crippen LogP contribution in [0, 0.1) is 5.92 Å². The van der Waals surface area contributed by atoms with Gasteiger partial charge >= 0.3 is 11.9 Å². The fraction of sp³-hybridized carbons (Fsp3) is 0.533. The number of fused-ring (bicyclic) bond motifs is 1. The first-order valence-electron chi connectivity index (χ1n) is 7.69. The third kappa shape index (κ3) is 5.31. The molecule has 0 saturated heterocycles. The van der Waals surface area contributed by atoms with Crippen molar-refractivity contribution in [1.82, 2.24) is 19.5 Å². The molecule has 0 radical (unpaired) electrons. The van der Waals surface area contributed by atoms with Crippen LogP contribution in [0.15, 0.2) is 11.4 Å². The molecular formula is C15H21N5O4S. The summed E-state index contributed by atoms with van der Waals surface area (Å²) in [6, 6.07) is 0. The summed E-state index contributed by atoms with van der Waals surface area (Å²) in [5.41, 5.74) is 7.03. The zero-order valence-corrected chi connectivity index (χ0v) is 15.2. The first-order valence-corrected chi connectivity index (χ1v) is 8.92.